The summed E-state index contributed by atoms with van der Waals surface area (Å²) in [7, 11) is 5.42. The molecule has 50 valence electrons. The van der Waals surface area contributed by atoms with E-state index in [0.29, 0.717) is 21.9 Å². The first-order valence-electron chi connectivity index (χ1n) is 2.71. The predicted molar refractivity (Wildman–Crippen MR) is 45.7 cm³/mol. The smallest absolute Gasteiger partial charge is 0.116 e. The highest BCUT2D eigenvalue weighted by Gasteiger charge is 1.97. The Bertz CT molecular complexity index is 212. The third-order valence-corrected chi connectivity index (χ3v) is 1.53. The molecule has 0 aliphatic rings. The lowest BCUT2D eigenvalue weighted by molar-refractivity contribution is 1.70. The normalized spacial score (nSPS) is 9.70. The second-order valence-corrected chi connectivity index (χ2v) is 2.41. The van der Waals surface area contributed by atoms with E-state index < -0.39 is 0 Å². The van der Waals surface area contributed by atoms with E-state index in [9.17, 15) is 0 Å². The van der Waals surface area contributed by atoms with Crippen LogP contribution in [0.4, 0.5) is 11.4 Å². The van der Waals surface area contributed by atoms with Gasteiger partial charge in [-0.05, 0) is 12.1 Å². The van der Waals surface area contributed by atoms with Gasteiger partial charge < -0.3 is 11.5 Å². The quantitative estimate of drug-likeness (QED) is 0.415. The number of hydrogen-bond donors (Lipinski definition) is 2. The van der Waals surface area contributed by atoms with Crippen LogP contribution in [0.2, 0.25) is 5.02 Å². The maximum absolute atomic E-state index is 5.63. The van der Waals surface area contributed by atoms with Gasteiger partial charge in [0.25, 0.3) is 0 Å². The number of anilines is 2. The number of halogens is 1. The molecule has 1 aromatic carbocycles. The van der Waals surface area contributed by atoms with Gasteiger partial charge >= 0.3 is 0 Å². The molecule has 2 radical (unpaired) electrons. The van der Waals surface area contributed by atoms with Crippen molar-refractivity contribution in [2.45, 2.75) is 0 Å². The molecule has 0 saturated carbocycles. The van der Waals surface area contributed by atoms with Crippen molar-refractivity contribution < 1.29 is 0 Å². The fraction of sp³-hybridized carbons (Fsp3) is 0. The van der Waals surface area contributed by atoms with Gasteiger partial charge in [-0.2, -0.15) is 0 Å². The monoisotopic (exact) mass is 152 g/mol. The molecule has 4 heteroatoms. The van der Waals surface area contributed by atoms with Crippen LogP contribution in [0.25, 0.3) is 0 Å². The van der Waals surface area contributed by atoms with Crippen molar-refractivity contribution >= 4 is 36.3 Å². The second-order valence-electron chi connectivity index (χ2n) is 2.00. The summed E-state index contributed by atoms with van der Waals surface area (Å²) in [5.74, 6) is 0. The van der Waals surface area contributed by atoms with E-state index in [1.165, 1.54) is 12.1 Å². The molecule has 0 saturated heterocycles. The third-order valence-electron chi connectivity index (χ3n) is 1.20. The molecule has 0 bridgehead atoms. The summed E-state index contributed by atoms with van der Waals surface area (Å²) in [6.45, 7) is 0. The van der Waals surface area contributed by atoms with E-state index in [4.69, 9.17) is 30.9 Å². The summed E-state index contributed by atoms with van der Waals surface area (Å²) in [5.41, 5.74) is 12.2. The molecule has 0 atom stereocenters. The minimum Gasteiger partial charge on any atom is -0.397 e. The second kappa shape index (κ2) is 2.42. The zero-order valence-corrected chi connectivity index (χ0v) is 6.02. The van der Waals surface area contributed by atoms with Gasteiger partial charge in [0.2, 0.25) is 0 Å². The number of benzene rings is 1. The Morgan fingerprint density at radius 3 is 2.20 bits per heavy atom. The van der Waals surface area contributed by atoms with Crippen LogP contribution in [0, 0.1) is 0 Å². The van der Waals surface area contributed by atoms with Crippen LogP contribution in [-0.2, 0) is 0 Å². The van der Waals surface area contributed by atoms with Crippen LogP contribution in [0.15, 0.2) is 12.1 Å². The molecular formula is C6H6BClN2. The molecule has 0 unspecified atom stereocenters. The van der Waals surface area contributed by atoms with Crippen molar-refractivity contribution in [2.24, 2.45) is 0 Å². The Morgan fingerprint density at radius 1 is 1.20 bits per heavy atom. The average molecular weight is 152 g/mol. The Kier molecular flexibility index (Phi) is 1.77. The van der Waals surface area contributed by atoms with Crippen molar-refractivity contribution in [3.63, 3.8) is 0 Å². The molecule has 10 heavy (non-hydrogen) atoms. The molecule has 0 spiro atoms. The number of nitrogens with two attached hydrogens (primary N) is 2. The summed E-state index contributed by atoms with van der Waals surface area (Å²) < 4.78 is 0. The number of nitrogen functional groups attached to an aromatic ring is 2. The van der Waals surface area contributed by atoms with Gasteiger partial charge in [0.15, 0.2) is 0 Å². The van der Waals surface area contributed by atoms with Gasteiger partial charge in [-0.1, -0.05) is 17.1 Å². The van der Waals surface area contributed by atoms with Crippen molar-refractivity contribution in [2.75, 3.05) is 11.5 Å². The summed E-state index contributed by atoms with van der Waals surface area (Å²) in [6.07, 6.45) is 0. The van der Waals surface area contributed by atoms with Crippen molar-refractivity contribution in [1.82, 2.24) is 0 Å². The lowest BCUT2D eigenvalue weighted by Crippen LogP contribution is -2.07. The topological polar surface area (TPSA) is 52.0 Å². The van der Waals surface area contributed by atoms with Crippen LogP contribution < -0.4 is 16.9 Å². The van der Waals surface area contributed by atoms with Crippen LogP contribution in [0.1, 0.15) is 0 Å². The molecule has 0 fully saturated rings. The summed E-state index contributed by atoms with van der Waals surface area (Å²) >= 11 is 5.63. The Hall–Kier alpha value is -0.825. The standard InChI is InChI=1S/C6H6BClN2/c7-3-1-5(9)6(10)2-4(3)8/h1-2H,9-10H2. The fourth-order valence-corrected chi connectivity index (χ4v) is 0.795. The van der Waals surface area contributed by atoms with E-state index in [0.717, 1.165) is 0 Å². The summed E-state index contributed by atoms with van der Waals surface area (Å²) in [5, 5.41) is 0.437. The van der Waals surface area contributed by atoms with Crippen LogP contribution in [0.3, 0.4) is 0 Å². The minimum atomic E-state index is 0.437. The van der Waals surface area contributed by atoms with E-state index in [1.807, 2.05) is 0 Å². The summed E-state index contributed by atoms with van der Waals surface area (Å²) in [4.78, 5) is 0. The first kappa shape index (κ1) is 7.28. The molecule has 1 rings (SSSR count). The van der Waals surface area contributed by atoms with Gasteiger partial charge in [-0.3, -0.25) is 0 Å². The highest BCUT2D eigenvalue weighted by Crippen LogP contribution is 2.16. The first-order valence-corrected chi connectivity index (χ1v) is 3.09. The fourth-order valence-electron chi connectivity index (χ4n) is 0.623. The van der Waals surface area contributed by atoms with Gasteiger partial charge in [0.1, 0.15) is 7.85 Å². The highest BCUT2D eigenvalue weighted by atomic mass is 35.5. The zero-order chi connectivity index (χ0) is 7.72. The molecular weight excluding hydrogens is 146 g/mol. The van der Waals surface area contributed by atoms with Crippen molar-refractivity contribution in [3.8, 4) is 0 Å². The molecule has 4 N–H and O–H groups in total. The van der Waals surface area contributed by atoms with Crippen molar-refractivity contribution in [3.05, 3.63) is 17.2 Å². The maximum atomic E-state index is 5.63. The molecule has 0 aliphatic heterocycles. The lowest BCUT2D eigenvalue weighted by Gasteiger charge is -2.02. The Morgan fingerprint density at radius 2 is 1.70 bits per heavy atom. The summed E-state index contributed by atoms with van der Waals surface area (Å²) in [6, 6.07) is 3.07. The molecule has 0 aromatic heterocycles. The van der Waals surface area contributed by atoms with E-state index in [1.54, 1.807) is 0 Å². The van der Waals surface area contributed by atoms with Gasteiger partial charge in [-0.25, -0.2) is 0 Å². The maximum Gasteiger partial charge on any atom is 0.116 e. The van der Waals surface area contributed by atoms with Gasteiger partial charge in [-0.15, -0.1) is 0 Å². The van der Waals surface area contributed by atoms with Gasteiger partial charge in [0.05, 0.1) is 11.4 Å². The molecule has 0 amide bonds. The molecule has 0 aliphatic carbocycles. The SMILES string of the molecule is [B]c1cc(N)c(N)cc1Cl. The largest absolute Gasteiger partial charge is 0.397 e. The highest BCUT2D eigenvalue weighted by molar-refractivity contribution is 6.45. The molecule has 0 heterocycles. The first-order chi connectivity index (χ1) is 4.61. The van der Waals surface area contributed by atoms with Crippen molar-refractivity contribution in [1.29, 1.82) is 0 Å². The molecule has 2 nitrogen and oxygen atoms in total. The number of rotatable bonds is 0. The predicted octanol–water partition coefficient (Wildman–Crippen LogP) is 0.298. The minimum absolute atomic E-state index is 0.437. The lowest BCUT2D eigenvalue weighted by atomic mass is 9.95. The average Bonchev–Trinajstić information content (AvgIpc) is 1.84. The van der Waals surface area contributed by atoms with Crippen LogP contribution in [0.5, 0.6) is 0 Å². The molecule has 1 aromatic rings. The van der Waals surface area contributed by atoms with Crippen LogP contribution >= 0.6 is 11.6 Å². The Labute approximate surface area is 65.6 Å². The van der Waals surface area contributed by atoms with E-state index in [2.05, 4.69) is 0 Å². The zero-order valence-electron chi connectivity index (χ0n) is 5.26. The van der Waals surface area contributed by atoms with E-state index in [-0.39, 0.29) is 0 Å². The number of hydrogen-bond acceptors (Lipinski definition) is 2. The van der Waals surface area contributed by atoms with Gasteiger partial charge in [0, 0.05) is 5.02 Å². The Balaban J connectivity index is 3.28. The van der Waals surface area contributed by atoms with E-state index >= 15 is 0 Å². The van der Waals surface area contributed by atoms with Crippen LogP contribution in [-0.4, -0.2) is 7.85 Å². The third kappa shape index (κ3) is 1.19.